The number of hydrogen-bond acceptors (Lipinski definition) is 9. The van der Waals surface area contributed by atoms with Gasteiger partial charge in [0.1, 0.15) is 6.61 Å². The average Bonchev–Trinajstić information content (AvgIpc) is 3.13. The highest BCUT2D eigenvalue weighted by Gasteiger charge is 2.25. The topological polar surface area (TPSA) is 155 Å². The molecule has 0 rings (SSSR count). The van der Waals surface area contributed by atoms with Crippen molar-refractivity contribution in [2.45, 2.75) is 148 Å². The lowest BCUT2D eigenvalue weighted by molar-refractivity contribution is -0.161. The average molecular weight is 752 g/mol. The van der Waals surface area contributed by atoms with Gasteiger partial charge in [0, 0.05) is 19.4 Å². The lowest BCUT2D eigenvalue weighted by Crippen LogP contribution is -2.29. The number of esters is 2. The second-order valence-corrected chi connectivity index (χ2v) is 14.1. The van der Waals surface area contributed by atoms with Gasteiger partial charge in [-0.25, -0.2) is 4.57 Å². The van der Waals surface area contributed by atoms with E-state index in [0.29, 0.717) is 25.7 Å². The number of unbranched alkanes of at least 4 members (excludes halogenated alkanes) is 10. The van der Waals surface area contributed by atoms with E-state index in [1.807, 2.05) is 55.5 Å². The number of aliphatic hydroxyl groups is 1. The smallest absolute Gasteiger partial charge is 0.462 e. The summed E-state index contributed by atoms with van der Waals surface area (Å²) in [6.45, 7) is 3.36. The molecule has 298 valence electrons. The summed E-state index contributed by atoms with van der Waals surface area (Å²) in [5.74, 6) is -0.940. The van der Waals surface area contributed by atoms with Gasteiger partial charge in [-0.2, -0.15) is 0 Å². The van der Waals surface area contributed by atoms with Crippen LogP contribution in [0.25, 0.3) is 0 Å². The number of carbonyl (C=O) groups is 2. The zero-order valence-electron chi connectivity index (χ0n) is 32.1. The van der Waals surface area contributed by atoms with Crippen LogP contribution >= 0.6 is 7.82 Å². The molecule has 10 nitrogen and oxygen atoms in total. The van der Waals surface area contributed by atoms with Gasteiger partial charge >= 0.3 is 19.8 Å². The predicted octanol–water partition coefficient (Wildman–Crippen LogP) is 9.68. The van der Waals surface area contributed by atoms with E-state index in [9.17, 15) is 24.2 Å². The highest BCUT2D eigenvalue weighted by atomic mass is 31.2. The Morgan fingerprint density at radius 2 is 1.29 bits per heavy atom. The number of aliphatic hydroxyl groups excluding tert-OH is 1. The normalized spacial score (nSPS) is 14.8. The number of carbonyl (C=O) groups excluding carboxylic acids is 2. The molecule has 0 radical (unpaired) electrons. The standard InChI is InChI=1S/C41H70NO9P/c1-3-5-7-8-9-10-11-12-17-20-23-26-29-33-41(45)51-39(37-50-52(46,47)49-35-34-42)36-48-40(44)32-28-25-22-19-16-14-13-15-18-21-24-27-31-38(43)30-6-4-2/h6,10-11,13-14,18-19,21-22,24,27,30,38-39,43H,3-5,7-9,12,15-17,20,23,25-26,28-29,31-37,42H2,1-2H3,(H,46,47)/b11-10-,14-13-,21-18-,22-19-,27-24+,30-6-/t38?,39-/m1/s1. The molecule has 0 aliphatic carbocycles. The fraction of sp³-hybridized carbons (Fsp3) is 0.659. The van der Waals surface area contributed by atoms with Crippen molar-refractivity contribution in [2.24, 2.45) is 5.73 Å². The molecule has 0 fully saturated rings. The number of phosphoric acid groups is 1. The molecule has 2 unspecified atom stereocenters. The fourth-order valence-electron chi connectivity index (χ4n) is 4.74. The second kappa shape index (κ2) is 36.8. The van der Waals surface area contributed by atoms with Crippen LogP contribution in [0.15, 0.2) is 72.9 Å². The Morgan fingerprint density at radius 1 is 0.692 bits per heavy atom. The van der Waals surface area contributed by atoms with Crippen LogP contribution in [0.5, 0.6) is 0 Å². The number of rotatable bonds is 35. The van der Waals surface area contributed by atoms with Crippen LogP contribution in [0, 0.1) is 0 Å². The summed E-state index contributed by atoms with van der Waals surface area (Å²) in [6.07, 6.45) is 39.9. The van der Waals surface area contributed by atoms with E-state index in [2.05, 4.69) is 31.2 Å². The molecule has 0 aromatic rings. The second-order valence-electron chi connectivity index (χ2n) is 12.6. The molecule has 0 saturated heterocycles. The molecule has 0 amide bonds. The third-order valence-electron chi connectivity index (χ3n) is 7.65. The summed E-state index contributed by atoms with van der Waals surface area (Å²) in [5.41, 5.74) is 5.32. The van der Waals surface area contributed by atoms with Crippen LogP contribution in [-0.2, 0) is 32.7 Å². The van der Waals surface area contributed by atoms with E-state index in [4.69, 9.17) is 24.3 Å². The minimum absolute atomic E-state index is 0.0345. The first-order valence-corrected chi connectivity index (χ1v) is 21.0. The Hall–Kier alpha value is -2.59. The van der Waals surface area contributed by atoms with E-state index in [-0.39, 0.29) is 32.6 Å². The van der Waals surface area contributed by atoms with Crippen molar-refractivity contribution in [1.82, 2.24) is 0 Å². The first kappa shape index (κ1) is 49.4. The molecule has 0 heterocycles. The molecular weight excluding hydrogens is 681 g/mol. The molecule has 0 aliphatic rings. The van der Waals surface area contributed by atoms with Gasteiger partial charge in [-0.1, -0.05) is 125 Å². The van der Waals surface area contributed by atoms with Crippen molar-refractivity contribution in [3.8, 4) is 0 Å². The lowest BCUT2D eigenvalue weighted by Gasteiger charge is -2.19. The first-order valence-electron chi connectivity index (χ1n) is 19.5. The maximum absolute atomic E-state index is 12.5. The van der Waals surface area contributed by atoms with Gasteiger partial charge in [0.15, 0.2) is 6.10 Å². The maximum Gasteiger partial charge on any atom is 0.472 e. The van der Waals surface area contributed by atoms with Crippen LogP contribution in [0.1, 0.15) is 136 Å². The fourth-order valence-corrected chi connectivity index (χ4v) is 5.51. The number of nitrogens with two attached hydrogens (primary N) is 1. The van der Waals surface area contributed by atoms with Gasteiger partial charge in [0.2, 0.25) is 0 Å². The van der Waals surface area contributed by atoms with E-state index >= 15 is 0 Å². The van der Waals surface area contributed by atoms with Gasteiger partial charge in [-0.15, -0.1) is 0 Å². The van der Waals surface area contributed by atoms with Crippen molar-refractivity contribution in [3.63, 3.8) is 0 Å². The molecule has 0 bridgehead atoms. The predicted molar refractivity (Wildman–Crippen MR) is 212 cm³/mol. The number of ether oxygens (including phenoxy) is 2. The van der Waals surface area contributed by atoms with E-state index in [1.54, 1.807) is 0 Å². The zero-order chi connectivity index (χ0) is 38.4. The monoisotopic (exact) mass is 751 g/mol. The van der Waals surface area contributed by atoms with E-state index in [0.717, 1.165) is 57.8 Å². The molecule has 52 heavy (non-hydrogen) atoms. The van der Waals surface area contributed by atoms with Crippen LogP contribution in [0.4, 0.5) is 0 Å². The minimum atomic E-state index is -4.40. The Kier molecular flexibility index (Phi) is 34.9. The summed E-state index contributed by atoms with van der Waals surface area (Å²) in [5, 5.41) is 9.74. The molecule has 11 heteroatoms. The van der Waals surface area contributed by atoms with Crippen LogP contribution in [0.2, 0.25) is 0 Å². The lowest BCUT2D eigenvalue weighted by atomic mass is 10.1. The van der Waals surface area contributed by atoms with Crippen molar-refractivity contribution in [3.05, 3.63) is 72.9 Å². The molecule has 0 aromatic heterocycles. The zero-order valence-corrected chi connectivity index (χ0v) is 33.0. The molecular formula is C41H70NO9P. The Morgan fingerprint density at radius 3 is 2.00 bits per heavy atom. The molecule has 3 atom stereocenters. The van der Waals surface area contributed by atoms with Crippen molar-refractivity contribution in [1.29, 1.82) is 0 Å². The van der Waals surface area contributed by atoms with Gasteiger partial charge < -0.3 is 25.2 Å². The third-order valence-corrected chi connectivity index (χ3v) is 8.64. The number of allylic oxidation sites excluding steroid dienone is 10. The molecule has 0 spiro atoms. The van der Waals surface area contributed by atoms with Gasteiger partial charge in [0.25, 0.3) is 0 Å². The quantitative estimate of drug-likeness (QED) is 0.0187. The van der Waals surface area contributed by atoms with Crippen LogP contribution < -0.4 is 5.73 Å². The van der Waals surface area contributed by atoms with Crippen LogP contribution in [-0.4, -0.2) is 60.5 Å². The summed E-state index contributed by atoms with van der Waals surface area (Å²) < 4.78 is 32.6. The van der Waals surface area contributed by atoms with Crippen LogP contribution in [0.3, 0.4) is 0 Å². The maximum atomic E-state index is 12.5. The molecule has 4 N–H and O–H groups in total. The number of phosphoric ester groups is 1. The van der Waals surface area contributed by atoms with Gasteiger partial charge in [0.05, 0.1) is 19.3 Å². The molecule has 0 saturated carbocycles. The summed E-state index contributed by atoms with van der Waals surface area (Å²) in [6, 6.07) is 0. The summed E-state index contributed by atoms with van der Waals surface area (Å²) in [7, 11) is -4.40. The van der Waals surface area contributed by atoms with Gasteiger partial charge in [-0.05, 0) is 70.6 Å². The highest BCUT2D eigenvalue weighted by Crippen LogP contribution is 2.43. The van der Waals surface area contributed by atoms with E-state index < -0.39 is 38.6 Å². The Bertz CT molecular complexity index is 1100. The summed E-state index contributed by atoms with van der Waals surface area (Å²) >= 11 is 0. The number of hydrogen-bond donors (Lipinski definition) is 3. The summed E-state index contributed by atoms with van der Waals surface area (Å²) in [4.78, 5) is 34.7. The SMILES string of the molecule is CC/C=C\C(O)C/C=C/C=C\C/C=C\C/C=C\CCCC(=O)OC[C@H](COP(=O)(O)OCCN)OC(=O)CCCCCCC/C=C\CCCCCC. The molecule has 0 aromatic carbocycles. The largest absolute Gasteiger partial charge is 0.472 e. The van der Waals surface area contributed by atoms with Gasteiger partial charge in [-0.3, -0.25) is 18.6 Å². The highest BCUT2D eigenvalue weighted by molar-refractivity contribution is 7.47. The third kappa shape index (κ3) is 35.8. The minimum Gasteiger partial charge on any atom is -0.462 e. The Balaban J connectivity index is 4.37. The van der Waals surface area contributed by atoms with Crippen molar-refractivity contribution >= 4 is 19.8 Å². The van der Waals surface area contributed by atoms with Crippen molar-refractivity contribution < 1.29 is 42.7 Å². The van der Waals surface area contributed by atoms with E-state index in [1.165, 1.54) is 25.7 Å². The molecule has 0 aliphatic heterocycles. The Labute approximate surface area is 314 Å². The first-order chi connectivity index (χ1) is 25.2. The van der Waals surface area contributed by atoms with Crippen molar-refractivity contribution in [2.75, 3.05) is 26.4 Å².